The van der Waals surface area contributed by atoms with Gasteiger partial charge in [0.25, 0.3) is 0 Å². The highest BCUT2D eigenvalue weighted by atomic mass is 16.7. The van der Waals surface area contributed by atoms with Crippen LogP contribution in [0.25, 0.3) is 0 Å². The number of carbonyl (C=O) groups is 3. The van der Waals surface area contributed by atoms with Gasteiger partial charge in [0.05, 0.1) is 21.3 Å². The van der Waals surface area contributed by atoms with E-state index < -0.39 is 24.0 Å². The second kappa shape index (κ2) is 10.8. The third kappa shape index (κ3) is 7.40. The van der Waals surface area contributed by atoms with Crippen molar-refractivity contribution in [2.75, 3.05) is 27.9 Å². The number of esters is 2. The zero-order valence-corrected chi connectivity index (χ0v) is 11.9. The van der Waals surface area contributed by atoms with E-state index in [-0.39, 0.29) is 6.61 Å². The molecule has 20 heavy (non-hydrogen) atoms. The summed E-state index contributed by atoms with van der Waals surface area (Å²) in [5, 5.41) is 0. The minimum atomic E-state index is -0.898. The molecule has 7 nitrogen and oxygen atoms in total. The average Bonchev–Trinajstić information content (AvgIpc) is 2.48. The van der Waals surface area contributed by atoms with E-state index in [1.165, 1.54) is 21.3 Å². The van der Waals surface area contributed by atoms with Gasteiger partial charge < -0.3 is 18.9 Å². The molecule has 0 aliphatic carbocycles. The smallest absolute Gasteiger partial charge is 0.468 e. The highest BCUT2D eigenvalue weighted by Crippen LogP contribution is 2.12. The molecular weight excluding hydrogens is 268 g/mol. The normalized spacial score (nSPS) is 10.4. The van der Waals surface area contributed by atoms with Crippen molar-refractivity contribution in [3.8, 4) is 0 Å². The Balaban J connectivity index is 3.95. The Morgan fingerprint density at radius 2 is 1.55 bits per heavy atom. The summed E-state index contributed by atoms with van der Waals surface area (Å²) < 4.78 is 18.0. The fraction of sp³-hybridized carbons (Fsp3) is 0.615. The molecule has 0 bridgehead atoms. The first-order valence-corrected chi connectivity index (χ1v) is 6.08. The minimum absolute atomic E-state index is 0.115. The van der Waals surface area contributed by atoms with Crippen LogP contribution in [0.1, 0.15) is 19.3 Å². The van der Waals surface area contributed by atoms with Gasteiger partial charge in [-0.3, -0.25) is 9.59 Å². The van der Waals surface area contributed by atoms with Gasteiger partial charge in [-0.1, -0.05) is 12.2 Å². The molecule has 0 fully saturated rings. The van der Waals surface area contributed by atoms with Crippen molar-refractivity contribution in [3.05, 3.63) is 12.2 Å². The van der Waals surface area contributed by atoms with E-state index in [1.54, 1.807) is 12.2 Å². The summed E-state index contributed by atoms with van der Waals surface area (Å²) in [5.41, 5.74) is 0. The van der Waals surface area contributed by atoms with Crippen LogP contribution in [0.15, 0.2) is 12.2 Å². The molecule has 0 spiro atoms. The van der Waals surface area contributed by atoms with E-state index in [1.807, 2.05) is 0 Å². The third-order valence-electron chi connectivity index (χ3n) is 2.47. The maximum Gasteiger partial charge on any atom is 0.508 e. The predicted octanol–water partition coefficient (Wildman–Crippen LogP) is 1.46. The van der Waals surface area contributed by atoms with Crippen molar-refractivity contribution >= 4 is 18.1 Å². The lowest BCUT2D eigenvalue weighted by molar-refractivity contribution is -0.159. The summed E-state index contributed by atoms with van der Waals surface area (Å²) in [4.78, 5) is 33.4. The average molecular weight is 288 g/mol. The minimum Gasteiger partial charge on any atom is -0.468 e. The maximum atomic E-state index is 11.4. The molecule has 0 radical (unpaired) electrons. The molecule has 0 N–H and O–H groups in total. The van der Waals surface area contributed by atoms with Gasteiger partial charge in [-0.05, 0) is 19.3 Å². The Bertz CT molecular complexity index is 333. The number of carbonyl (C=O) groups excluding carboxylic acids is 3. The second-order valence-corrected chi connectivity index (χ2v) is 3.77. The van der Waals surface area contributed by atoms with Crippen LogP contribution in [-0.4, -0.2) is 46.0 Å². The van der Waals surface area contributed by atoms with Gasteiger partial charge in [0.1, 0.15) is 6.61 Å². The Morgan fingerprint density at radius 1 is 0.950 bits per heavy atom. The van der Waals surface area contributed by atoms with Crippen molar-refractivity contribution in [1.29, 1.82) is 0 Å². The number of hydrogen-bond acceptors (Lipinski definition) is 7. The first kappa shape index (κ1) is 17.9. The van der Waals surface area contributed by atoms with Crippen LogP contribution in [0.5, 0.6) is 0 Å². The van der Waals surface area contributed by atoms with Crippen molar-refractivity contribution in [2.45, 2.75) is 19.3 Å². The van der Waals surface area contributed by atoms with Crippen LogP contribution in [0.2, 0.25) is 0 Å². The lowest BCUT2D eigenvalue weighted by atomic mass is 10.0. The van der Waals surface area contributed by atoms with Crippen LogP contribution in [0.4, 0.5) is 4.79 Å². The number of rotatable bonds is 8. The maximum absolute atomic E-state index is 11.4. The van der Waals surface area contributed by atoms with Gasteiger partial charge in [-0.25, -0.2) is 4.79 Å². The van der Waals surface area contributed by atoms with Gasteiger partial charge in [-0.2, -0.15) is 0 Å². The predicted molar refractivity (Wildman–Crippen MR) is 68.9 cm³/mol. The van der Waals surface area contributed by atoms with Gasteiger partial charge in [-0.15, -0.1) is 0 Å². The van der Waals surface area contributed by atoms with Gasteiger partial charge in [0.15, 0.2) is 5.92 Å². The van der Waals surface area contributed by atoms with Crippen molar-refractivity contribution in [2.24, 2.45) is 5.92 Å². The molecular formula is C13H20O7. The molecule has 7 heteroatoms. The Hall–Kier alpha value is -2.05. The van der Waals surface area contributed by atoms with Crippen molar-refractivity contribution in [3.63, 3.8) is 0 Å². The van der Waals surface area contributed by atoms with E-state index in [0.717, 1.165) is 0 Å². The van der Waals surface area contributed by atoms with E-state index in [2.05, 4.69) is 18.9 Å². The monoisotopic (exact) mass is 288 g/mol. The first-order chi connectivity index (χ1) is 9.56. The van der Waals surface area contributed by atoms with Crippen LogP contribution >= 0.6 is 0 Å². The highest BCUT2D eigenvalue weighted by Gasteiger charge is 2.27. The number of allylic oxidation sites excluding steroid dienone is 1. The Kier molecular flexibility index (Phi) is 9.72. The van der Waals surface area contributed by atoms with Crippen LogP contribution in [-0.2, 0) is 28.5 Å². The molecule has 114 valence electrons. The Labute approximate surface area is 117 Å². The number of methoxy groups -OCH3 is 3. The molecule has 0 rings (SSSR count). The fourth-order valence-corrected chi connectivity index (χ4v) is 1.42. The number of ether oxygens (including phenoxy) is 4. The van der Waals surface area contributed by atoms with Crippen LogP contribution in [0, 0.1) is 5.92 Å². The van der Waals surface area contributed by atoms with Crippen LogP contribution < -0.4 is 0 Å². The summed E-state index contributed by atoms with van der Waals surface area (Å²) in [6, 6.07) is 0. The standard InChI is InChI=1S/C13H20O7/c1-17-11(14)10(12(15)18-2)8-6-4-5-7-9-20-13(16)19-3/h5,7,10H,4,6,8-9H2,1-3H3/b7-5+. The molecule has 0 aromatic heterocycles. The molecule has 0 aromatic carbocycles. The molecule has 0 atom stereocenters. The van der Waals surface area contributed by atoms with Gasteiger partial charge >= 0.3 is 18.1 Å². The lowest BCUT2D eigenvalue weighted by Crippen LogP contribution is -2.26. The summed E-state index contributed by atoms with van der Waals surface area (Å²) in [7, 11) is 3.68. The molecule has 0 heterocycles. The lowest BCUT2D eigenvalue weighted by Gasteiger charge is -2.11. The largest absolute Gasteiger partial charge is 0.508 e. The summed E-state index contributed by atoms with van der Waals surface area (Å²) >= 11 is 0. The van der Waals surface area contributed by atoms with E-state index in [4.69, 9.17) is 0 Å². The van der Waals surface area contributed by atoms with Crippen molar-refractivity contribution < 1.29 is 33.3 Å². The van der Waals surface area contributed by atoms with Gasteiger partial charge in [0, 0.05) is 0 Å². The molecule has 0 amide bonds. The highest BCUT2D eigenvalue weighted by molar-refractivity contribution is 5.94. The summed E-state index contributed by atoms with van der Waals surface area (Å²) in [5.74, 6) is -2.10. The van der Waals surface area contributed by atoms with Gasteiger partial charge in [0.2, 0.25) is 0 Å². The number of hydrogen-bond donors (Lipinski definition) is 0. The quantitative estimate of drug-likeness (QED) is 0.219. The van der Waals surface area contributed by atoms with E-state index in [0.29, 0.717) is 19.3 Å². The fourth-order valence-electron chi connectivity index (χ4n) is 1.42. The van der Waals surface area contributed by atoms with E-state index in [9.17, 15) is 14.4 Å². The number of unbranched alkanes of at least 4 members (excludes halogenated alkanes) is 1. The Morgan fingerprint density at radius 3 is 2.05 bits per heavy atom. The zero-order chi connectivity index (χ0) is 15.4. The molecule has 0 aliphatic rings. The third-order valence-corrected chi connectivity index (χ3v) is 2.47. The first-order valence-electron chi connectivity index (χ1n) is 6.08. The summed E-state index contributed by atoms with van der Waals surface area (Å²) in [6.45, 7) is 0.115. The topological polar surface area (TPSA) is 88.1 Å². The van der Waals surface area contributed by atoms with E-state index >= 15 is 0 Å². The molecule has 0 unspecified atom stereocenters. The SMILES string of the molecule is COC(=O)OC/C=C/CCCC(C(=O)OC)C(=O)OC. The molecule has 0 saturated heterocycles. The molecule has 0 saturated carbocycles. The second-order valence-electron chi connectivity index (χ2n) is 3.77. The molecule has 0 aliphatic heterocycles. The molecule has 0 aromatic rings. The van der Waals surface area contributed by atoms with Crippen LogP contribution in [0.3, 0.4) is 0 Å². The summed E-state index contributed by atoms with van der Waals surface area (Å²) in [6.07, 6.45) is 4.27. The zero-order valence-electron chi connectivity index (χ0n) is 11.9. The van der Waals surface area contributed by atoms with Crippen molar-refractivity contribution in [1.82, 2.24) is 0 Å².